The Hall–Kier alpha value is -0.820. The first-order chi connectivity index (χ1) is 7.45. The van der Waals surface area contributed by atoms with Crippen LogP contribution in [0.2, 0.25) is 0 Å². The number of aryl methyl sites for hydroxylation is 1. The van der Waals surface area contributed by atoms with E-state index in [-0.39, 0.29) is 0 Å². The lowest BCUT2D eigenvalue weighted by Crippen LogP contribution is -2.32. The molecular formula is C14H19N. The molecule has 80 valence electrons. The first-order valence-electron chi connectivity index (χ1n) is 6.27. The van der Waals surface area contributed by atoms with Gasteiger partial charge in [0.1, 0.15) is 0 Å². The molecule has 0 bridgehead atoms. The predicted molar refractivity (Wildman–Crippen MR) is 62.9 cm³/mol. The first-order valence-corrected chi connectivity index (χ1v) is 6.27. The highest BCUT2D eigenvalue weighted by molar-refractivity contribution is 5.34. The summed E-state index contributed by atoms with van der Waals surface area (Å²) in [4.78, 5) is 2.70. The van der Waals surface area contributed by atoms with Crippen molar-refractivity contribution in [2.75, 3.05) is 13.1 Å². The molecule has 1 aromatic carbocycles. The van der Waals surface area contributed by atoms with Gasteiger partial charge in [0.2, 0.25) is 0 Å². The average Bonchev–Trinajstić information content (AvgIpc) is 2.74. The summed E-state index contributed by atoms with van der Waals surface area (Å²) in [6.45, 7) is 2.64. The van der Waals surface area contributed by atoms with Gasteiger partial charge in [-0.05, 0) is 49.9 Å². The van der Waals surface area contributed by atoms with Crippen molar-refractivity contribution in [1.29, 1.82) is 0 Å². The minimum atomic E-state index is 0.737. The Morgan fingerprint density at radius 3 is 2.67 bits per heavy atom. The maximum atomic E-state index is 2.70. The average molecular weight is 201 g/mol. The number of hydrogen-bond donors (Lipinski definition) is 0. The zero-order valence-electron chi connectivity index (χ0n) is 9.28. The van der Waals surface area contributed by atoms with Crippen LogP contribution < -0.4 is 0 Å². The van der Waals surface area contributed by atoms with Crippen molar-refractivity contribution in [3.05, 3.63) is 35.4 Å². The van der Waals surface area contributed by atoms with Crippen LogP contribution in [0.15, 0.2) is 24.3 Å². The van der Waals surface area contributed by atoms with Crippen LogP contribution in [0.3, 0.4) is 0 Å². The van der Waals surface area contributed by atoms with Crippen molar-refractivity contribution in [3.63, 3.8) is 0 Å². The highest BCUT2D eigenvalue weighted by atomic mass is 15.2. The molecule has 0 spiro atoms. The Bertz CT molecular complexity index is 339. The lowest BCUT2D eigenvalue weighted by atomic mass is 10.0. The summed E-state index contributed by atoms with van der Waals surface area (Å²) in [5.74, 6) is 0. The molecule has 0 radical (unpaired) electrons. The third-order valence-electron chi connectivity index (χ3n) is 3.93. The fourth-order valence-corrected chi connectivity index (χ4v) is 3.14. The molecule has 1 unspecified atom stereocenters. The predicted octanol–water partition coefficient (Wildman–Crippen LogP) is 3.16. The van der Waals surface area contributed by atoms with Crippen LogP contribution in [0, 0.1) is 0 Å². The lowest BCUT2D eigenvalue weighted by molar-refractivity contribution is 0.163. The van der Waals surface area contributed by atoms with E-state index in [9.17, 15) is 0 Å². The Balaban J connectivity index is 1.83. The van der Waals surface area contributed by atoms with E-state index in [0.717, 1.165) is 6.04 Å². The zero-order chi connectivity index (χ0) is 10.1. The maximum absolute atomic E-state index is 2.70. The number of likely N-dealkylation sites (tertiary alicyclic amines) is 1. The molecule has 0 N–H and O–H groups in total. The van der Waals surface area contributed by atoms with E-state index < -0.39 is 0 Å². The molecule has 1 aliphatic heterocycles. The highest BCUT2D eigenvalue weighted by Crippen LogP contribution is 2.36. The standard InChI is InChI=1S/C14H19N/c1-4-10-15(11-5-1)14-9-8-12-6-2-3-7-13(12)14/h2-3,6-7,14H,1,4-5,8-11H2. The largest absolute Gasteiger partial charge is 0.296 e. The van der Waals surface area contributed by atoms with E-state index in [1.165, 1.54) is 45.2 Å². The topological polar surface area (TPSA) is 3.24 Å². The van der Waals surface area contributed by atoms with Crippen LogP contribution >= 0.6 is 0 Å². The highest BCUT2D eigenvalue weighted by Gasteiger charge is 2.27. The zero-order valence-corrected chi connectivity index (χ0v) is 9.28. The maximum Gasteiger partial charge on any atom is 0.0354 e. The summed E-state index contributed by atoms with van der Waals surface area (Å²) < 4.78 is 0. The molecule has 1 heterocycles. The molecular weight excluding hydrogens is 182 g/mol. The molecule has 0 saturated carbocycles. The summed E-state index contributed by atoms with van der Waals surface area (Å²) >= 11 is 0. The SMILES string of the molecule is c1ccc2c(c1)CCC2N1CCCCC1. The van der Waals surface area contributed by atoms with Crippen LogP contribution in [-0.4, -0.2) is 18.0 Å². The minimum Gasteiger partial charge on any atom is -0.296 e. The molecule has 1 atom stereocenters. The summed E-state index contributed by atoms with van der Waals surface area (Å²) in [7, 11) is 0. The molecule has 1 nitrogen and oxygen atoms in total. The quantitative estimate of drug-likeness (QED) is 0.674. The van der Waals surface area contributed by atoms with Crippen LogP contribution in [0.1, 0.15) is 42.9 Å². The van der Waals surface area contributed by atoms with Crippen LogP contribution in [0.4, 0.5) is 0 Å². The van der Waals surface area contributed by atoms with Gasteiger partial charge in [0.05, 0.1) is 0 Å². The fourth-order valence-electron chi connectivity index (χ4n) is 3.14. The first kappa shape index (κ1) is 9.41. The van der Waals surface area contributed by atoms with Gasteiger partial charge in [-0.1, -0.05) is 30.7 Å². The van der Waals surface area contributed by atoms with Gasteiger partial charge in [0.25, 0.3) is 0 Å². The van der Waals surface area contributed by atoms with Gasteiger partial charge in [0.15, 0.2) is 0 Å². The Kier molecular flexibility index (Phi) is 2.49. The second-order valence-corrected chi connectivity index (χ2v) is 4.85. The van der Waals surface area contributed by atoms with Crippen molar-refractivity contribution in [3.8, 4) is 0 Å². The van der Waals surface area contributed by atoms with Crippen molar-refractivity contribution < 1.29 is 0 Å². The number of hydrogen-bond acceptors (Lipinski definition) is 1. The van der Waals surface area contributed by atoms with Crippen molar-refractivity contribution in [2.24, 2.45) is 0 Å². The normalized spacial score (nSPS) is 26.5. The summed E-state index contributed by atoms with van der Waals surface area (Å²) in [6.07, 6.45) is 6.87. The van der Waals surface area contributed by atoms with Gasteiger partial charge in [-0.2, -0.15) is 0 Å². The van der Waals surface area contributed by atoms with Gasteiger partial charge in [-0.25, -0.2) is 0 Å². The monoisotopic (exact) mass is 201 g/mol. The fraction of sp³-hybridized carbons (Fsp3) is 0.571. The molecule has 15 heavy (non-hydrogen) atoms. The van der Waals surface area contributed by atoms with Crippen LogP contribution in [-0.2, 0) is 6.42 Å². The number of piperidine rings is 1. The molecule has 1 fully saturated rings. The molecule has 1 aromatic rings. The second kappa shape index (κ2) is 3.97. The molecule has 0 aromatic heterocycles. The number of nitrogens with zero attached hydrogens (tertiary/aromatic N) is 1. The van der Waals surface area contributed by atoms with Crippen molar-refractivity contribution in [1.82, 2.24) is 4.90 Å². The van der Waals surface area contributed by atoms with E-state index in [0.29, 0.717) is 0 Å². The van der Waals surface area contributed by atoms with E-state index in [4.69, 9.17) is 0 Å². The Morgan fingerprint density at radius 1 is 1.00 bits per heavy atom. The second-order valence-electron chi connectivity index (χ2n) is 4.85. The van der Waals surface area contributed by atoms with Crippen molar-refractivity contribution >= 4 is 0 Å². The molecule has 3 rings (SSSR count). The summed E-state index contributed by atoms with van der Waals surface area (Å²) in [5.41, 5.74) is 3.20. The third-order valence-corrected chi connectivity index (χ3v) is 3.93. The van der Waals surface area contributed by atoms with Crippen LogP contribution in [0.25, 0.3) is 0 Å². The number of fused-ring (bicyclic) bond motifs is 1. The Morgan fingerprint density at radius 2 is 1.80 bits per heavy atom. The van der Waals surface area contributed by atoms with Crippen LogP contribution in [0.5, 0.6) is 0 Å². The molecule has 1 heteroatoms. The van der Waals surface area contributed by atoms with Crippen molar-refractivity contribution in [2.45, 2.75) is 38.1 Å². The van der Waals surface area contributed by atoms with Gasteiger partial charge < -0.3 is 0 Å². The number of rotatable bonds is 1. The third kappa shape index (κ3) is 1.69. The summed E-state index contributed by atoms with van der Waals surface area (Å²) in [6, 6.07) is 9.75. The van der Waals surface area contributed by atoms with E-state index in [1.54, 1.807) is 11.1 Å². The minimum absolute atomic E-state index is 0.737. The summed E-state index contributed by atoms with van der Waals surface area (Å²) in [5, 5.41) is 0. The Labute approximate surface area is 92.1 Å². The molecule has 2 aliphatic rings. The van der Waals surface area contributed by atoms with Gasteiger partial charge in [-0.3, -0.25) is 4.90 Å². The lowest BCUT2D eigenvalue weighted by Gasteiger charge is -2.32. The van der Waals surface area contributed by atoms with Gasteiger partial charge >= 0.3 is 0 Å². The van der Waals surface area contributed by atoms with E-state index in [2.05, 4.69) is 29.2 Å². The smallest absolute Gasteiger partial charge is 0.0354 e. The molecule has 0 amide bonds. The van der Waals surface area contributed by atoms with E-state index in [1.807, 2.05) is 0 Å². The van der Waals surface area contributed by atoms with Gasteiger partial charge in [-0.15, -0.1) is 0 Å². The molecule has 1 saturated heterocycles. The van der Waals surface area contributed by atoms with Gasteiger partial charge in [0, 0.05) is 6.04 Å². The van der Waals surface area contributed by atoms with E-state index >= 15 is 0 Å². The number of benzene rings is 1. The molecule has 1 aliphatic carbocycles.